The van der Waals surface area contributed by atoms with Crippen molar-refractivity contribution in [1.82, 2.24) is 9.80 Å². The van der Waals surface area contributed by atoms with Gasteiger partial charge in [-0.25, -0.2) is 0 Å². The van der Waals surface area contributed by atoms with Gasteiger partial charge < -0.3 is 14.1 Å². The number of ether oxygens (including phenoxy) is 1. The summed E-state index contributed by atoms with van der Waals surface area (Å²) in [5.74, 6) is -0.0158. The van der Waals surface area contributed by atoms with Gasteiger partial charge >= 0.3 is 0 Å². The van der Waals surface area contributed by atoms with E-state index in [4.69, 9.17) is 9.15 Å². The summed E-state index contributed by atoms with van der Waals surface area (Å²) in [4.78, 5) is 31.8. The lowest BCUT2D eigenvalue weighted by molar-refractivity contribution is 0.0315. The second-order valence-electron chi connectivity index (χ2n) is 7.54. The number of aryl methyl sites for hydroxylation is 1. The van der Waals surface area contributed by atoms with E-state index in [2.05, 4.69) is 4.90 Å². The number of thiophene rings is 1. The molecule has 0 radical (unpaired) electrons. The molecule has 150 valence electrons. The SMILES string of the molecule is Cc1ccc2oc3c(c(=O)c2c1)[C@H](c1cccs1)N(CCN1CCOCC1)C3=O. The molecule has 1 atom stereocenters. The summed E-state index contributed by atoms with van der Waals surface area (Å²) in [6.45, 7) is 6.39. The molecule has 1 fully saturated rings. The predicted octanol–water partition coefficient (Wildman–Crippen LogP) is 3.04. The lowest BCUT2D eigenvalue weighted by atomic mass is 10.0. The van der Waals surface area contributed by atoms with Gasteiger partial charge in [-0.1, -0.05) is 17.7 Å². The van der Waals surface area contributed by atoms with Crippen LogP contribution >= 0.6 is 11.3 Å². The Morgan fingerprint density at radius 2 is 1.97 bits per heavy atom. The highest BCUT2D eigenvalue weighted by Gasteiger charge is 2.43. The van der Waals surface area contributed by atoms with Crippen LogP contribution < -0.4 is 5.43 Å². The first kappa shape index (κ1) is 18.5. The predicted molar refractivity (Wildman–Crippen MR) is 112 cm³/mol. The van der Waals surface area contributed by atoms with E-state index in [0.717, 1.165) is 30.1 Å². The van der Waals surface area contributed by atoms with Crippen LogP contribution in [0, 0.1) is 6.92 Å². The standard InChI is InChI=1S/C22H22N2O4S/c1-14-4-5-16-15(13-14)20(25)18-19(17-3-2-12-29-17)24(22(26)21(18)28-16)7-6-23-8-10-27-11-9-23/h2-5,12-13,19H,6-11H2,1H3/t19-/m0/s1. The number of hydrogen-bond acceptors (Lipinski definition) is 6. The molecule has 2 aromatic heterocycles. The van der Waals surface area contributed by atoms with Crippen LogP contribution in [0.4, 0.5) is 0 Å². The van der Waals surface area contributed by atoms with Crippen molar-refractivity contribution in [1.29, 1.82) is 0 Å². The van der Waals surface area contributed by atoms with Crippen molar-refractivity contribution in [3.8, 4) is 0 Å². The van der Waals surface area contributed by atoms with Gasteiger partial charge in [-0.05, 0) is 30.5 Å². The van der Waals surface area contributed by atoms with Gasteiger partial charge in [0, 0.05) is 31.1 Å². The highest BCUT2D eigenvalue weighted by atomic mass is 32.1. The van der Waals surface area contributed by atoms with Gasteiger partial charge in [-0.3, -0.25) is 14.5 Å². The highest BCUT2D eigenvalue weighted by molar-refractivity contribution is 7.10. The van der Waals surface area contributed by atoms with Crippen molar-refractivity contribution in [3.05, 3.63) is 67.7 Å². The maximum Gasteiger partial charge on any atom is 0.290 e. The zero-order valence-corrected chi connectivity index (χ0v) is 17.0. The number of fused-ring (bicyclic) bond motifs is 2. The zero-order valence-electron chi connectivity index (χ0n) is 16.2. The molecule has 29 heavy (non-hydrogen) atoms. The second kappa shape index (κ2) is 7.40. The van der Waals surface area contributed by atoms with Crippen LogP contribution in [-0.2, 0) is 4.74 Å². The number of hydrogen-bond donors (Lipinski definition) is 0. The van der Waals surface area contributed by atoms with Gasteiger partial charge in [-0.2, -0.15) is 0 Å². The fraction of sp³-hybridized carbons (Fsp3) is 0.364. The number of morpholine rings is 1. The van der Waals surface area contributed by atoms with E-state index in [9.17, 15) is 9.59 Å². The van der Waals surface area contributed by atoms with Gasteiger partial charge in [-0.15, -0.1) is 11.3 Å². The van der Waals surface area contributed by atoms with E-state index in [1.54, 1.807) is 22.3 Å². The van der Waals surface area contributed by atoms with Crippen molar-refractivity contribution in [2.75, 3.05) is 39.4 Å². The minimum Gasteiger partial charge on any atom is -0.450 e. The quantitative estimate of drug-likeness (QED) is 0.662. The molecule has 4 heterocycles. The van der Waals surface area contributed by atoms with Gasteiger partial charge in [0.2, 0.25) is 5.76 Å². The van der Waals surface area contributed by atoms with Gasteiger partial charge in [0.15, 0.2) is 5.43 Å². The third-order valence-electron chi connectivity index (χ3n) is 5.69. The third-order valence-corrected chi connectivity index (χ3v) is 6.62. The Labute approximate surface area is 172 Å². The molecule has 1 amide bonds. The van der Waals surface area contributed by atoms with Crippen LogP contribution in [0.5, 0.6) is 0 Å². The van der Waals surface area contributed by atoms with Gasteiger partial charge in [0.05, 0.1) is 30.2 Å². The molecule has 0 bridgehead atoms. The molecule has 1 aromatic carbocycles. The minimum absolute atomic E-state index is 0.106. The average Bonchev–Trinajstić information content (AvgIpc) is 3.35. The van der Waals surface area contributed by atoms with Gasteiger partial charge in [0.1, 0.15) is 5.58 Å². The molecule has 0 aliphatic carbocycles. The van der Waals surface area contributed by atoms with Crippen molar-refractivity contribution < 1.29 is 13.9 Å². The summed E-state index contributed by atoms with van der Waals surface area (Å²) in [6, 6.07) is 9.06. The molecular formula is C22H22N2O4S. The number of benzene rings is 1. The average molecular weight is 410 g/mol. The summed E-state index contributed by atoms with van der Waals surface area (Å²) in [6.07, 6.45) is 0. The Morgan fingerprint density at radius 1 is 1.14 bits per heavy atom. The lowest BCUT2D eigenvalue weighted by Crippen LogP contribution is -2.42. The molecule has 2 aliphatic heterocycles. The topological polar surface area (TPSA) is 63.0 Å². The molecule has 0 unspecified atom stereocenters. The fourth-order valence-corrected chi connectivity index (χ4v) is 5.03. The molecule has 3 aromatic rings. The molecule has 1 saturated heterocycles. The molecule has 7 heteroatoms. The lowest BCUT2D eigenvalue weighted by Gasteiger charge is -2.30. The van der Waals surface area contributed by atoms with E-state index in [1.807, 2.05) is 36.6 Å². The molecule has 0 N–H and O–H groups in total. The highest BCUT2D eigenvalue weighted by Crippen LogP contribution is 2.39. The summed E-state index contributed by atoms with van der Waals surface area (Å²) >= 11 is 1.56. The third kappa shape index (κ3) is 3.19. The zero-order chi connectivity index (χ0) is 20.0. The Hall–Kier alpha value is -2.48. The molecular weight excluding hydrogens is 388 g/mol. The normalized spacial score (nSPS) is 19.8. The summed E-state index contributed by atoms with van der Waals surface area (Å²) in [7, 11) is 0. The van der Waals surface area contributed by atoms with E-state index in [-0.39, 0.29) is 23.1 Å². The number of amides is 1. The second-order valence-corrected chi connectivity index (χ2v) is 8.52. The first-order valence-corrected chi connectivity index (χ1v) is 10.7. The summed E-state index contributed by atoms with van der Waals surface area (Å²) in [5, 5.41) is 2.51. The first-order valence-electron chi connectivity index (χ1n) is 9.85. The minimum atomic E-state index is -0.389. The van der Waals surface area contributed by atoms with Crippen molar-refractivity contribution >= 4 is 28.2 Å². The summed E-state index contributed by atoms with van der Waals surface area (Å²) < 4.78 is 11.4. The molecule has 5 rings (SSSR count). The number of carbonyl (C=O) groups excluding carboxylic acids is 1. The molecule has 0 saturated carbocycles. The molecule has 6 nitrogen and oxygen atoms in total. The van der Waals surface area contributed by atoms with Crippen molar-refractivity contribution in [2.45, 2.75) is 13.0 Å². The summed E-state index contributed by atoms with van der Waals surface area (Å²) in [5.41, 5.74) is 1.82. The number of rotatable bonds is 4. The van der Waals surface area contributed by atoms with Crippen LogP contribution in [0.1, 0.15) is 32.6 Å². The van der Waals surface area contributed by atoms with Crippen LogP contribution in [0.25, 0.3) is 11.0 Å². The maximum atomic E-state index is 13.4. The van der Waals surface area contributed by atoms with Crippen LogP contribution in [0.2, 0.25) is 0 Å². The first-order chi connectivity index (χ1) is 14.1. The Balaban J connectivity index is 1.58. The van der Waals surface area contributed by atoms with E-state index < -0.39 is 0 Å². The van der Waals surface area contributed by atoms with E-state index >= 15 is 0 Å². The molecule has 0 spiro atoms. The number of carbonyl (C=O) groups is 1. The maximum absolute atomic E-state index is 13.4. The fourth-order valence-electron chi connectivity index (χ4n) is 4.18. The largest absolute Gasteiger partial charge is 0.450 e. The number of nitrogens with zero attached hydrogens (tertiary/aromatic N) is 2. The van der Waals surface area contributed by atoms with Crippen LogP contribution in [-0.4, -0.2) is 55.1 Å². The van der Waals surface area contributed by atoms with Crippen molar-refractivity contribution in [2.24, 2.45) is 0 Å². The van der Waals surface area contributed by atoms with Crippen LogP contribution in [0.3, 0.4) is 0 Å². The van der Waals surface area contributed by atoms with Crippen LogP contribution in [0.15, 0.2) is 44.9 Å². The van der Waals surface area contributed by atoms with Crippen molar-refractivity contribution in [3.63, 3.8) is 0 Å². The Morgan fingerprint density at radius 3 is 2.72 bits per heavy atom. The smallest absolute Gasteiger partial charge is 0.290 e. The van der Waals surface area contributed by atoms with E-state index in [1.165, 1.54) is 0 Å². The Kier molecular flexibility index (Phi) is 4.73. The monoisotopic (exact) mass is 410 g/mol. The van der Waals surface area contributed by atoms with E-state index in [0.29, 0.717) is 36.3 Å². The Bertz CT molecular complexity index is 1120. The molecule has 2 aliphatic rings. The van der Waals surface area contributed by atoms with Gasteiger partial charge in [0.25, 0.3) is 5.91 Å².